The minimum Gasteiger partial charge on any atom is -0.507 e. The van der Waals surface area contributed by atoms with Gasteiger partial charge in [-0.25, -0.2) is 0 Å². The molecule has 0 spiro atoms. The summed E-state index contributed by atoms with van der Waals surface area (Å²) >= 11 is 0. The molecule has 6 aromatic carbocycles. The van der Waals surface area contributed by atoms with E-state index in [-0.39, 0.29) is 62.0 Å². The van der Waals surface area contributed by atoms with Crippen molar-refractivity contribution in [3.05, 3.63) is 156 Å². The SMILES string of the molecule is Oc1ccccc1C=Nc1ccc(Oc2ccc(N=Cc3ccccc3O)c(N=Cc3ccccc3O)c2)cc1N=Cc1ccccc1O.[Zn].[Zn]. The second kappa shape index (κ2) is 18.3. The van der Waals surface area contributed by atoms with Gasteiger partial charge < -0.3 is 25.2 Å². The van der Waals surface area contributed by atoms with Crippen LogP contribution in [-0.4, -0.2) is 45.3 Å². The van der Waals surface area contributed by atoms with Gasteiger partial charge >= 0.3 is 0 Å². The molecule has 0 aliphatic rings. The summed E-state index contributed by atoms with van der Waals surface area (Å²) in [6, 6.07) is 37.8. The predicted octanol–water partition coefficient (Wildman–Crippen LogP) is 9.30. The van der Waals surface area contributed by atoms with Crippen LogP contribution < -0.4 is 4.74 Å². The third-order valence-corrected chi connectivity index (χ3v) is 7.25. The van der Waals surface area contributed by atoms with Crippen LogP contribution in [0.4, 0.5) is 22.7 Å². The molecule has 6 aromatic rings. The van der Waals surface area contributed by atoms with E-state index >= 15 is 0 Å². The van der Waals surface area contributed by atoms with Gasteiger partial charge in [-0.1, -0.05) is 48.5 Å². The van der Waals surface area contributed by atoms with Crippen molar-refractivity contribution in [1.82, 2.24) is 0 Å². The number of hydrogen-bond acceptors (Lipinski definition) is 9. The average molecular weight is 777 g/mol. The number of phenols is 4. The fourth-order valence-electron chi connectivity index (χ4n) is 4.64. The maximum atomic E-state index is 10.3. The Hall–Kier alpha value is -5.75. The normalized spacial score (nSPS) is 11.2. The third kappa shape index (κ3) is 10.1. The number of aromatic hydroxyl groups is 4. The topological polar surface area (TPSA) is 140 Å². The Labute approximate surface area is 320 Å². The Morgan fingerprint density at radius 1 is 0.353 bits per heavy atom. The van der Waals surface area contributed by atoms with Crippen LogP contribution in [0.3, 0.4) is 0 Å². The molecule has 0 fully saturated rings. The summed E-state index contributed by atoms with van der Waals surface area (Å²) < 4.78 is 6.25. The third-order valence-electron chi connectivity index (χ3n) is 7.25. The van der Waals surface area contributed by atoms with E-state index in [1.165, 1.54) is 12.4 Å². The number of para-hydroxylation sites is 4. The molecule has 0 aliphatic carbocycles. The van der Waals surface area contributed by atoms with Gasteiger partial charge in [-0.2, -0.15) is 0 Å². The Balaban J connectivity index is 0.00000292. The summed E-state index contributed by atoms with van der Waals surface area (Å²) in [4.78, 5) is 18.4. The molecule has 0 aliphatic heterocycles. The van der Waals surface area contributed by atoms with E-state index in [0.29, 0.717) is 56.5 Å². The first-order valence-electron chi connectivity index (χ1n) is 15.2. The van der Waals surface area contributed by atoms with Crippen molar-refractivity contribution in [3.8, 4) is 34.5 Å². The van der Waals surface area contributed by atoms with Crippen LogP contribution in [0.1, 0.15) is 22.3 Å². The van der Waals surface area contributed by atoms with E-state index in [4.69, 9.17) is 4.74 Å². The van der Waals surface area contributed by atoms with Crippen LogP contribution >= 0.6 is 0 Å². The first-order valence-corrected chi connectivity index (χ1v) is 15.2. The minimum absolute atomic E-state index is 0. The predicted molar refractivity (Wildman–Crippen MR) is 194 cm³/mol. The number of phenolic OH excluding ortho intramolecular Hbond substituents is 4. The van der Waals surface area contributed by atoms with E-state index in [1.807, 2.05) is 0 Å². The smallest absolute Gasteiger partial charge is 0.129 e. The fourth-order valence-corrected chi connectivity index (χ4v) is 4.64. The van der Waals surface area contributed by atoms with Gasteiger partial charge in [0.25, 0.3) is 0 Å². The molecular weight excluding hydrogens is 747 g/mol. The Kier molecular flexibility index (Phi) is 13.7. The van der Waals surface area contributed by atoms with Crippen molar-refractivity contribution in [1.29, 1.82) is 0 Å². The van der Waals surface area contributed by atoms with Gasteiger partial charge in [0.2, 0.25) is 0 Å². The Morgan fingerprint density at radius 2 is 0.627 bits per heavy atom. The second-order valence-electron chi connectivity index (χ2n) is 10.7. The molecular formula is C40H30N4O5Zn2. The second-order valence-corrected chi connectivity index (χ2v) is 10.7. The first kappa shape index (κ1) is 38.1. The number of benzene rings is 6. The molecule has 0 unspecified atom stereocenters. The summed E-state index contributed by atoms with van der Waals surface area (Å²) in [7, 11) is 0. The monoisotopic (exact) mass is 774 g/mol. The summed E-state index contributed by atoms with van der Waals surface area (Å²) in [5, 5.41) is 40.9. The van der Waals surface area contributed by atoms with Gasteiger partial charge in [-0.3, -0.25) is 20.0 Å². The van der Waals surface area contributed by atoms with Gasteiger partial charge in [0, 0.05) is 98.2 Å². The quantitative estimate of drug-likeness (QED) is 0.0811. The van der Waals surface area contributed by atoms with Crippen molar-refractivity contribution in [3.63, 3.8) is 0 Å². The van der Waals surface area contributed by atoms with Crippen molar-refractivity contribution in [2.45, 2.75) is 0 Å². The molecule has 0 amide bonds. The van der Waals surface area contributed by atoms with Gasteiger partial charge in [0.1, 0.15) is 34.5 Å². The number of nitrogens with zero attached hydrogens (tertiary/aromatic N) is 4. The van der Waals surface area contributed by atoms with E-state index in [9.17, 15) is 20.4 Å². The van der Waals surface area contributed by atoms with Crippen LogP contribution in [-0.2, 0) is 39.0 Å². The molecule has 4 N–H and O–H groups in total. The van der Waals surface area contributed by atoms with Crippen molar-refractivity contribution < 1.29 is 64.1 Å². The van der Waals surface area contributed by atoms with Gasteiger partial charge in [-0.15, -0.1) is 0 Å². The standard InChI is InChI=1S/C40H30N4O5.2Zn/c45-37-13-5-1-9-27(37)23-41-33-19-17-31(21-35(33)43-25-29-11-3-7-15-39(29)47)49-32-18-20-34(42-24-28-10-2-6-14-38(28)46)36(22-32)44-26-30-12-4-8-16-40(30)48;;/h1-26,45-48H;;. The van der Waals surface area contributed by atoms with Crippen LogP contribution in [0.5, 0.6) is 34.5 Å². The van der Waals surface area contributed by atoms with Gasteiger partial charge in [0.15, 0.2) is 0 Å². The number of hydrogen-bond donors (Lipinski definition) is 4. The molecule has 0 saturated carbocycles. The molecule has 0 atom stereocenters. The largest absolute Gasteiger partial charge is 0.507 e. The zero-order valence-electron chi connectivity index (χ0n) is 27.4. The molecule has 6 rings (SSSR count). The van der Waals surface area contributed by atoms with Crippen LogP contribution in [0.25, 0.3) is 0 Å². The molecule has 11 heteroatoms. The van der Waals surface area contributed by atoms with E-state index in [2.05, 4.69) is 20.0 Å². The van der Waals surface area contributed by atoms with Crippen molar-refractivity contribution in [2.75, 3.05) is 0 Å². The zero-order valence-corrected chi connectivity index (χ0v) is 33.3. The summed E-state index contributed by atoms with van der Waals surface area (Å²) in [6.45, 7) is 0. The average Bonchev–Trinajstić information content (AvgIpc) is 3.11. The maximum Gasteiger partial charge on any atom is 0.129 e. The van der Waals surface area contributed by atoms with E-state index in [1.54, 1.807) is 146 Å². The maximum absolute atomic E-state index is 10.3. The summed E-state index contributed by atoms with van der Waals surface area (Å²) in [5.41, 5.74) is 4.05. The molecule has 51 heavy (non-hydrogen) atoms. The molecule has 0 bridgehead atoms. The number of rotatable bonds is 10. The fraction of sp³-hybridized carbons (Fsp3) is 0. The zero-order chi connectivity index (χ0) is 34.0. The Bertz CT molecular complexity index is 2080. The molecule has 0 aromatic heterocycles. The molecule has 9 nitrogen and oxygen atoms in total. The van der Waals surface area contributed by atoms with Crippen LogP contribution in [0.2, 0.25) is 0 Å². The molecule has 0 radical (unpaired) electrons. The first-order chi connectivity index (χ1) is 23.9. The molecule has 0 saturated heterocycles. The minimum atomic E-state index is 0. The summed E-state index contributed by atoms with van der Waals surface area (Å²) in [5.74, 6) is 1.26. The van der Waals surface area contributed by atoms with Crippen molar-refractivity contribution >= 4 is 47.6 Å². The number of aliphatic imine (C=N–C) groups is 4. The number of ether oxygens (including phenoxy) is 1. The molecule has 244 valence electrons. The van der Waals surface area contributed by atoms with Crippen LogP contribution in [0.15, 0.2) is 153 Å². The van der Waals surface area contributed by atoms with E-state index in [0.717, 1.165) is 0 Å². The summed E-state index contributed by atoms with van der Waals surface area (Å²) in [6.07, 6.45) is 6.17. The molecule has 0 heterocycles. The Morgan fingerprint density at radius 3 is 0.922 bits per heavy atom. The van der Waals surface area contributed by atoms with E-state index < -0.39 is 0 Å². The van der Waals surface area contributed by atoms with Gasteiger partial charge in [-0.05, 0) is 72.8 Å². The van der Waals surface area contributed by atoms with Crippen LogP contribution in [0, 0.1) is 0 Å². The van der Waals surface area contributed by atoms with Crippen molar-refractivity contribution in [2.24, 2.45) is 20.0 Å². The van der Waals surface area contributed by atoms with Gasteiger partial charge in [0.05, 0.1) is 22.7 Å².